The Morgan fingerprint density at radius 1 is 1.53 bits per heavy atom. The normalized spacial score (nSPS) is 10.6. The fraction of sp³-hybridized carbons (Fsp3) is 0.500. The van der Waals surface area contributed by atoms with Gasteiger partial charge < -0.3 is 5.73 Å². The number of nitrogens with two attached hydrogens (primary N) is 1. The molecule has 1 aromatic rings. The zero-order chi connectivity index (χ0) is 11.3. The Morgan fingerprint density at radius 3 is 2.87 bits per heavy atom. The van der Waals surface area contributed by atoms with Crippen LogP contribution in [0.15, 0.2) is 18.3 Å². The minimum atomic E-state index is 0.146. The zero-order valence-electron chi connectivity index (χ0n) is 9.36. The van der Waals surface area contributed by atoms with Gasteiger partial charge >= 0.3 is 0 Å². The van der Waals surface area contributed by atoms with Crippen molar-refractivity contribution in [3.8, 4) is 0 Å². The fourth-order valence-electron chi connectivity index (χ4n) is 1.41. The summed E-state index contributed by atoms with van der Waals surface area (Å²) in [6.07, 6.45) is 4.14. The number of rotatable bonds is 5. The highest BCUT2D eigenvalue weighted by Gasteiger charge is 2.06. The van der Waals surface area contributed by atoms with Crippen molar-refractivity contribution in [3.63, 3.8) is 0 Å². The van der Waals surface area contributed by atoms with E-state index in [1.54, 1.807) is 6.20 Å². The number of hydrogen-bond donors (Lipinski definition) is 1. The van der Waals surface area contributed by atoms with Crippen LogP contribution in [0.5, 0.6) is 0 Å². The number of Topliss-reactive ketones (excluding diaryl/α,β-unsaturated/α-hetero) is 1. The van der Waals surface area contributed by atoms with E-state index in [-0.39, 0.29) is 5.92 Å². The van der Waals surface area contributed by atoms with E-state index in [4.69, 9.17) is 5.73 Å². The summed E-state index contributed by atoms with van der Waals surface area (Å²) in [4.78, 5) is 15.3. The van der Waals surface area contributed by atoms with Crippen LogP contribution in [0.25, 0.3) is 0 Å². The predicted octanol–water partition coefficient (Wildman–Crippen LogP) is 2.21. The number of nitrogen functional groups attached to an aromatic ring is 1. The van der Waals surface area contributed by atoms with Gasteiger partial charge in [-0.2, -0.15) is 0 Å². The van der Waals surface area contributed by atoms with Gasteiger partial charge in [0.05, 0.1) is 0 Å². The number of hydrogen-bond acceptors (Lipinski definition) is 3. The molecule has 0 aliphatic rings. The van der Waals surface area contributed by atoms with E-state index in [2.05, 4.69) is 4.98 Å². The van der Waals surface area contributed by atoms with Crippen molar-refractivity contribution >= 4 is 11.6 Å². The van der Waals surface area contributed by atoms with Gasteiger partial charge in [0.2, 0.25) is 0 Å². The first-order valence-electron chi connectivity index (χ1n) is 5.32. The van der Waals surface area contributed by atoms with Gasteiger partial charge in [0.1, 0.15) is 11.6 Å². The molecule has 0 spiro atoms. The Kier molecular flexibility index (Phi) is 4.28. The topological polar surface area (TPSA) is 56.0 Å². The summed E-state index contributed by atoms with van der Waals surface area (Å²) in [5.41, 5.74) is 6.71. The molecule has 15 heavy (non-hydrogen) atoms. The lowest BCUT2D eigenvalue weighted by Crippen LogP contribution is -2.06. The summed E-state index contributed by atoms with van der Waals surface area (Å²) in [7, 11) is 0. The third-order valence-electron chi connectivity index (χ3n) is 2.38. The van der Waals surface area contributed by atoms with Gasteiger partial charge in [-0.25, -0.2) is 4.98 Å². The molecular weight excluding hydrogens is 188 g/mol. The number of carbonyl (C=O) groups is 1. The first-order valence-corrected chi connectivity index (χ1v) is 5.32. The first-order chi connectivity index (χ1) is 7.09. The lowest BCUT2D eigenvalue weighted by Gasteiger charge is -2.04. The number of aryl methyl sites for hydroxylation is 1. The van der Waals surface area contributed by atoms with E-state index in [9.17, 15) is 4.79 Å². The first kappa shape index (κ1) is 11.7. The highest BCUT2D eigenvalue weighted by Crippen LogP contribution is 2.09. The number of ketones is 1. The monoisotopic (exact) mass is 206 g/mol. The van der Waals surface area contributed by atoms with Gasteiger partial charge in [0, 0.05) is 18.5 Å². The van der Waals surface area contributed by atoms with Gasteiger partial charge in [-0.05, 0) is 30.5 Å². The summed E-state index contributed by atoms with van der Waals surface area (Å²) < 4.78 is 0. The quantitative estimate of drug-likeness (QED) is 0.803. The van der Waals surface area contributed by atoms with Crippen LogP contribution in [-0.2, 0) is 11.2 Å². The minimum absolute atomic E-state index is 0.146. The Bertz CT molecular complexity index is 334. The molecule has 0 amide bonds. The second kappa shape index (κ2) is 5.49. The molecule has 1 heterocycles. The number of aromatic nitrogens is 1. The van der Waals surface area contributed by atoms with Crippen molar-refractivity contribution in [1.82, 2.24) is 4.98 Å². The molecule has 0 atom stereocenters. The molecular formula is C12H18N2O. The molecule has 0 aromatic carbocycles. The summed E-state index contributed by atoms with van der Waals surface area (Å²) >= 11 is 0. The zero-order valence-corrected chi connectivity index (χ0v) is 9.36. The van der Waals surface area contributed by atoms with Crippen LogP contribution in [0.1, 0.15) is 32.3 Å². The van der Waals surface area contributed by atoms with Gasteiger partial charge in [-0.15, -0.1) is 0 Å². The van der Waals surface area contributed by atoms with Gasteiger partial charge in [-0.3, -0.25) is 4.79 Å². The van der Waals surface area contributed by atoms with Crippen LogP contribution in [0, 0.1) is 5.92 Å². The third-order valence-corrected chi connectivity index (χ3v) is 2.38. The minimum Gasteiger partial charge on any atom is -0.384 e. The van der Waals surface area contributed by atoms with Crippen molar-refractivity contribution in [2.45, 2.75) is 33.1 Å². The largest absolute Gasteiger partial charge is 0.384 e. The SMILES string of the molecule is CC(C)C(=O)CCCc1ccnc(N)c1. The summed E-state index contributed by atoms with van der Waals surface area (Å²) in [5.74, 6) is 1.02. The second-order valence-electron chi connectivity index (χ2n) is 4.06. The molecule has 0 aliphatic carbocycles. The van der Waals surface area contributed by atoms with E-state index in [1.165, 1.54) is 0 Å². The van der Waals surface area contributed by atoms with Crippen molar-refractivity contribution in [3.05, 3.63) is 23.9 Å². The number of carbonyl (C=O) groups excluding carboxylic acids is 1. The van der Waals surface area contributed by atoms with Crippen molar-refractivity contribution in [2.75, 3.05) is 5.73 Å². The molecule has 1 rings (SSSR count). The van der Waals surface area contributed by atoms with Crippen molar-refractivity contribution in [2.24, 2.45) is 5.92 Å². The van der Waals surface area contributed by atoms with Crippen molar-refractivity contribution < 1.29 is 4.79 Å². The molecule has 0 unspecified atom stereocenters. The van der Waals surface area contributed by atoms with Gasteiger partial charge in [0.25, 0.3) is 0 Å². The molecule has 1 aromatic heterocycles. The van der Waals surface area contributed by atoms with Gasteiger partial charge in [0.15, 0.2) is 0 Å². The molecule has 0 aliphatic heterocycles. The summed E-state index contributed by atoms with van der Waals surface area (Å²) in [5, 5.41) is 0. The molecule has 82 valence electrons. The molecule has 0 saturated carbocycles. The van der Waals surface area contributed by atoms with Crippen LogP contribution in [0.4, 0.5) is 5.82 Å². The summed E-state index contributed by atoms with van der Waals surface area (Å²) in [6.45, 7) is 3.87. The highest BCUT2D eigenvalue weighted by atomic mass is 16.1. The predicted molar refractivity (Wildman–Crippen MR) is 61.4 cm³/mol. The molecule has 0 saturated heterocycles. The summed E-state index contributed by atoms with van der Waals surface area (Å²) in [6, 6.07) is 3.80. The number of pyridine rings is 1. The maximum absolute atomic E-state index is 11.4. The lowest BCUT2D eigenvalue weighted by molar-refractivity contribution is -0.121. The Hall–Kier alpha value is -1.38. The van der Waals surface area contributed by atoms with Crippen molar-refractivity contribution in [1.29, 1.82) is 0 Å². The van der Waals surface area contributed by atoms with Gasteiger partial charge in [-0.1, -0.05) is 13.8 Å². The Balaban J connectivity index is 2.35. The smallest absolute Gasteiger partial charge is 0.135 e. The van der Waals surface area contributed by atoms with Crippen LogP contribution < -0.4 is 5.73 Å². The van der Waals surface area contributed by atoms with E-state index >= 15 is 0 Å². The number of anilines is 1. The molecule has 0 bridgehead atoms. The standard InChI is InChI=1S/C12H18N2O/c1-9(2)11(15)5-3-4-10-6-7-14-12(13)8-10/h6-9H,3-5H2,1-2H3,(H2,13,14). The van der Waals surface area contributed by atoms with E-state index in [0.717, 1.165) is 18.4 Å². The Morgan fingerprint density at radius 2 is 2.27 bits per heavy atom. The van der Waals surface area contributed by atoms with Crippen LogP contribution >= 0.6 is 0 Å². The van der Waals surface area contributed by atoms with Crippen LogP contribution in [0.2, 0.25) is 0 Å². The fourth-order valence-corrected chi connectivity index (χ4v) is 1.41. The Labute approximate surface area is 90.7 Å². The molecule has 2 N–H and O–H groups in total. The molecule has 0 radical (unpaired) electrons. The van der Waals surface area contributed by atoms with E-state index in [0.29, 0.717) is 18.0 Å². The van der Waals surface area contributed by atoms with Crippen LogP contribution in [0.3, 0.4) is 0 Å². The average molecular weight is 206 g/mol. The highest BCUT2D eigenvalue weighted by molar-refractivity contribution is 5.80. The molecule has 3 nitrogen and oxygen atoms in total. The molecule has 3 heteroatoms. The third kappa shape index (κ3) is 4.11. The maximum Gasteiger partial charge on any atom is 0.135 e. The van der Waals surface area contributed by atoms with E-state index in [1.807, 2.05) is 26.0 Å². The van der Waals surface area contributed by atoms with Crippen LogP contribution in [-0.4, -0.2) is 10.8 Å². The molecule has 0 fully saturated rings. The maximum atomic E-state index is 11.4. The lowest BCUT2D eigenvalue weighted by atomic mass is 10.0. The second-order valence-corrected chi connectivity index (χ2v) is 4.06. The number of nitrogens with zero attached hydrogens (tertiary/aromatic N) is 1. The average Bonchev–Trinajstić information content (AvgIpc) is 2.17. The van der Waals surface area contributed by atoms with E-state index < -0.39 is 0 Å².